The Morgan fingerprint density at radius 1 is 0.964 bits per heavy atom. The zero-order valence-corrected chi connectivity index (χ0v) is 16.9. The molecule has 1 aliphatic rings. The third kappa shape index (κ3) is 6.14. The topological polar surface area (TPSA) is 58.6 Å². The van der Waals surface area contributed by atoms with Crippen LogP contribution in [0.25, 0.3) is 0 Å². The van der Waals surface area contributed by atoms with Crippen LogP contribution in [0.2, 0.25) is 10.0 Å². The molecule has 148 valence electrons. The molecule has 0 radical (unpaired) electrons. The van der Waals surface area contributed by atoms with Crippen LogP contribution in [0.5, 0.6) is 5.75 Å². The van der Waals surface area contributed by atoms with Crippen LogP contribution in [0, 0.1) is 0 Å². The Balaban J connectivity index is 1.38. The number of rotatable bonds is 6. The highest BCUT2D eigenvalue weighted by Crippen LogP contribution is 2.16. The Morgan fingerprint density at radius 2 is 1.54 bits per heavy atom. The second-order valence-electron chi connectivity index (χ2n) is 6.77. The lowest BCUT2D eigenvalue weighted by Gasteiger charge is -2.32. The normalized spacial score (nSPS) is 14.6. The number of piperidine rings is 1. The van der Waals surface area contributed by atoms with Crippen molar-refractivity contribution < 1.29 is 14.3 Å². The zero-order valence-electron chi connectivity index (χ0n) is 15.4. The second kappa shape index (κ2) is 9.80. The summed E-state index contributed by atoms with van der Waals surface area (Å²) in [6.45, 7) is 1.21. The van der Waals surface area contributed by atoms with Crippen molar-refractivity contribution in [3.63, 3.8) is 0 Å². The number of amides is 2. The van der Waals surface area contributed by atoms with Crippen molar-refractivity contribution in [2.75, 3.05) is 19.7 Å². The van der Waals surface area contributed by atoms with Crippen molar-refractivity contribution >= 4 is 35.0 Å². The molecule has 7 heteroatoms. The lowest BCUT2D eigenvalue weighted by Crippen LogP contribution is -2.48. The average molecular weight is 421 g/mol. The van der Waals surface area contributed by atoms with Gasteiger partial charge in [-0.2, -0.15) is 0 Å². The summed E-state index contributed by atoms with van der Waals surface area (Å²) in [6.07, 6.45) is 1.79. The Kier molecular flexibility index (Phi) is 7.18. The predicted molar refractivity (Wildman–Crippen MR) is 110 cm³/mol. The van der Waals surface area contributed by atoms with Gasteiger partial charge in [-0.25, -0.2) is 0 Å². The Labute approximate surface area is 174 Å². The van der Waals surface area contributed by atoms with Crippen molar-refractivity contribution in [1.82, 2.24) is 10.2 Å². The Bertz CT molecular complexity index is 801. The number of halogens is 2. The maximum Gasteiger partial charge on any atom is 0.260 e. The van der Waals surface area contributed by atoms with Crippen molar-refractivity contribution in [3.05, 3.63) is 64.1 Å². The van der Waals surface area contributed by atoms with E-state index in [1.807, 2.05) is 12.1 Å². The van der Waals surface area contributed by atoms with E-state index in [0.717, 1.165) is 18.4 Å². The van der Waals surface area contributed by atoms with E-state index < -0.39 is 0 Å². The fraction of sp³-hybridized carbons (Fsp3) is 0.333. The van der Waals surface area contributed by atoms with Crippen LogP contribution in [0.3, 0.4) is 0 Å². The zero-order chi connectivity index (χ0) is 19.9. The molecule has 1 saturated heterocycles. The minimum atomic E-state index is -0.0547. The number of ether oxygens (including phenoxy) is 1. The molecule has 1 N–H and O–H groups in total. The summed E-state index contributed by atoms with van der Waals surface area (Å²) in [5, 5.41) is 4.33. The number of carbonyl (C=O) groups is 2. The lowest BCUT2D eigenvalue weighted by atomic mass is 10.0. The van der Waals surface area contributed by atoms with Crippen LogP contribution in [0.15, 0.2) is 48.5 Å². The first-order valence-corrected chi connectivity index (χ1v) is 9.95. The summed E-state index contributed by atoms with van der Waals surface area (Å²) in [4.78, 5) is 26.3. The molecule has 0 saturated carbocycles. The van der Waals surface area contributed by atoms with Crippen molar-refractivity contribution in [2.45, 2.75) is 25.3 Å². The SMILES string of the molecule is O=C(Cc1ccc(Cl)cc1)NC1CCN(C(=O)COc2ccc(Cl)cc2)CC1. The highest BCUT2D eigenvalue weighted by molar-refractivity contribution is 6.30. The van der Waals surface area contributed by atoms with Crippen molar-refractivity contribution in [1.29, 1.82) is 0 Å². The molecule has 1 aliphatic heterocycles. The molecule has 1 fully saturated rings. The van der Waals surface area contributed by atoms with E-state index in [4.69, 9.17) is 27.9 Å². The molecular formula is C21H22Cl2N2O3. The number of hydrogen-bond donors (Lipinski definition) is 1. The summed E-state index contributed by atoms with van der Waals surface area (Å²) < 4.78 is 5.51. The molecule has 3 rings (SSSR count). The highest BCUT2D eigenvalue weighted by atomic mass is 35.5. The number of likely N-dealkylation sites (tertiary alicyclic amines) is 1. The van der Waals surface area contributed by atoms with Gasteiger partial charge in [0.05, 0.1) is 6.42 Å². The second-order valence-corrected chi connectivity index (χ2v) is 7.64. The number of carbonyl (C=O) groups excluding carboxylic acids is 2. The Morgan fingerprint density at radius 3 is 2.14 bits per heavy atom. The lowest BCUT2D eigenvalue weighted by molar-refractivity contribution is -0.134. The summed E-state index contributed by atoms with van der Waals surface area (Å²) >= 11 is 11.7. The van der Waals surface area contributed by atoms with Gasteiger partial charge in [0.1, 0.15) is 5.75 Å². The summed E-state index contributed by atoms with van der Waals surface area (Å²) in [6, 6.07) is 14.3. The summed E-state index contributed by atoms with van der Waals surface area (Å²) in [5.41, 5.74) is 0.925. The van der Waals surface area contributed by atoms with Gasteiger partial charge in [0, 0.05) is 29.2 Å². The first-order valence-electron chi connectivity index (χ1n) is 9.19. The number of benzene rings is 2. The molecule has 2 aromatic rings. The van der Waals surface area contributed by atoms with Gasteiger partial charge in [0.2, 0.25) is 5.91 Å². The highest BCUT2D eigenvalue weighted by Gasteiger charge is 2.24. The Hall–Kier alpha value is -2.24. The molecule has 0 aliphatic carbocycles. The molecule has 1 heterocycles. The van der Waals surface area contributed by atoms with Crippen LogP contribution in [-0.4, -0.2) is 42.5 Å². The molecule has 5 nitrogen and oxygen atoms in total. The molecule has 2 amide bonds. The first kappa shape index (κ1) is 20.5. The van der Waals surface area contributed by atoms with Gasteiger partial charge >= 0.3 is 0 Å². The van der Waals surface area contributed by atoms with Crippen LogP contribution in [0.4, 0.5) is 0 Å². The number of nitrogens with one attached hydrogen (secondary N) is 1. The van der Waals surface area contributed by atoms with E-state index in [1.54, 1.807) is 41.3 Å². The predicted octanol–water partition coefficient (Wildman–Crippen LogP) is 3.72. The molecule has 0 spiro atoms. The third-order valence-electron chi connectivity index (χ3n) is 4.67. The van der Waals surface area contributed by atoms with Gasteiger partial charge in [-0.05, 0) is 54.8 Å². The van der Waals surface area contributed by atoms with E-state index in [2.05, 4.69) is 5.32 Å². The van der Waals surface area contributed by atoms with Crippen molar-refractivity contribution in [3.8, 4) is 5.75 Å². The quantitative estimate of drug-likeness (QED) is 0.774. The van der Waals surface area contributed by atoms with E-state index in [-0.39, 0.29) is 24.5 Å². The molecule has 0 bridgehead atoms. The van der Waals surface area contributed by atoms with Gasteiger partial charge in [0.25, 0.3) is 5.91 Å². The first-order chi connectivity index (χ1) is 13.5. The van der Waals surface area contributed by atoms with E-state index in [0.29, 0.717) is 35.3 Å². The van der Waals surface area contributed by atoms with Gasteiger partial charge in [0.15, 0.2) is 6.61 Å². The van der Waals surface area contributed by atoms with Crippen LogP contribution < -0.4 is 10.1 Å². The minimum absolute atomic E-state index is 0.00474. The van der Waals surface area contributed by atoms with Crippen LogP contribution in [0.1, 0.15) is 18.4 Å². The van der Waals surface area contributed by atoms with Crippen molar-refractivity contribution in [2.24, 2.45) is 0 Å². The van der Waals surface area contributed by atoms with Gasteiger partial charge < -0.3 is 15.0 Å². The third-order valence-corrected chi connectivity index (χ3v) is 5.17. The molecule has 0 unspecified atom stereocenters. The maximum atomic E-state index is 12.3. The monoisotopic (exact) mass is 420 g/mol. The van der Waals surface area contributed by atoms with Gasteiger partial charge in [-0.1, -0.05) is 35.3 Å². The average Bonchev–Trinajstić information content (AvgIpc) is 2.69. The minimum Gasteiger partial charge on any atom is -0.484 e. The molecule has 0 atom stereocenters. The van der Waals surface area contributed by atoms with Crippen LogP contribution >= 0.6 is 23.2 Å². The smallest absolute Gasteiger partial charge is 0.260 e. The molecular weight excluding hydrogens is 399 g/mol. The largest absolute Gasteiger partial charge is 0.484 e. The molecule has 28 heavy (non-hydrogen) atoms. The number of hydrogen-bond acceptors (Lipinski definition) is 3. The maximum absolute atomic E-state index is 12.3. The van der Waals surface area contributed by atoms with E-state index in [1.165, 1.54) is 0 Å². The van der Waals surface area contributed by atoms with Gasteiger partial charge in [-0.15, -0.1) is 0 Å². The summed E-state index contributed by atoms with van der Waals surface area (Å²) in [5.74, 6) is 0.543. The van der Waals surface area contributed by atoms with E-state index >= 15 is 0 Å². The molecule has 0 aromatic heterocycles. The fourth-order valence-electron chi connectivity index (χ4n) is 3.11. The molecule has 2 aromatic carbocycles. The fourth-order valence-corrected chi connectivity index (χ4v) is 3.36. The van der Waals surface area contributed by atoms with Crippen LogP contribution in [-0.2, 0) is 16.0 Å². The van der Waals surface area contributed by atoms with E-state index in [9.17, 15) is 9.59 Å². The number of nitrogens with zero attached hydrogens (tertiary/aromatic N) is 1. The van der Waals surface area contributed by atoms with Gasteiger partial charge in [-0.3, -0.25) is 9.59 Å². The standard InChI is InChI=1S/C21H22Cl2N2O3/c22-16-3-1-15(2-4-16)13-20(26)24-18-9-11-25(12-10-18)21(27)14-28-19-7-5-17(23)6-8-19/h1-8,18H,9-14H2,(H,24,26). The summed E-state index contributed by atoms with van der Waals surface area (Å²) in [7, 11) is 0.